The predicted molar refractivity (Wildman–Crippen MR) is 139 cm³/mol. The highest BCUT2D eigenvalue weighted by molar-refractivity contribution is 6.52. The minimum atomic E-state index is -0.981. The molecule has 186 valence electrons. The number of ether oxygens (including phenoxy) is 3. The molecule has 1 atom stereocenters. The molecule has 0 radical (unpaired) electrons. The largest absolute Gasteiger partial charge is 0.507 e. The minimum Gasteiger partial charge on any atom is -0.507 e. The molecule has 1 aliphatic heterocycles. The van der Waals surface area contributed by atoms with Gasteiger partial charge in [0.1, 0.15) is 23.0 Å². The number of aliphatic hydroxyl groups excluding tert-OH is 1. The first-order valence-electron chi connectivity index (χ1n) is 10.8. The van der Waals surface area contributed by atoms with Crippen LogP contribution in [0.25, 0.3) is 5.76 Å². The van der Waals surface area contributed by atoms with E-state index in [9.17, 15) is 14.7 Å². The fourth-order valence-corrected chi connectivity index (χ4v) is 4.55. The van der Waals surface area contributed by atoms with Crippen LogP contribution >= 0.6 is 23.2 Å². The van der Waals surface area contributed by atoms with Crippen molar-refractivity contribution in [3.05, 3.63) is 86.9 Å². The van der Waals surface area contributed by atoms with Crippen molar-refractivity contribution in [2.45, 2.75) is 13.0 Å². The lowest BCUT2D eigenvalue weighted by molar-refractivity contribution is -0.132. The Morgan fingerprint density at radius 3 is 2.25 bits per heavy atom. The zero-order valence-electron chi connectivity index (χ0n) is 20.0. The highest BCUT2D eigenvalue weighted by atomic mass is 35.5. The fourth-order valence-electron chi connectivity index (χ4n) is 4.15. The number of Topliss-reactive ketones (excluding diaryl/α,β-unsaturated/α-hetero) is 1. The van der Waals surface area contributed by atoms with Crippen molar-refractivity contribution >= 4 is 46.3 Å². The summed E-state index contributed by atoms with van der Waals surface area (Å²) in [5.41, 5.74) is 1.78. The number of anilines is 1. The van der Waals surface area contributed by atoms with Crippen molar-refractivity contribution in [2.75, 3.05) is 26.2 Å². The van der Waals surface area contributed by atoms with Crippen molar-refractivity contribution < 1.29 is 28.9 Å². The zero-order valence-corrected chi connectivity index (χ0v) is 21.5. The molecule has 0 saturated carbocycles. The van der Waals surface area contributed by atoms with Crippen LogP contribution in [0, 0.1) is 6.92 Å². The van der Waals surface area contributed by atoms with Crippen LogP contribution in [0.3, 0.4) is 0 Å². The summed E-state index contributed by atoms with van der Waals surface area (Å²) < 4.78 is 16.1. The van der Waals surface area contributed by atoms with Crippen molar-refractivity contribution in [3.63, 3.8) is 0 Å². The lowest BCUT2D eigenvalue weighted by Gasteiger charge is -2.26. The molecule has 4 rings (SSSR count). The number of nitrogens with zero attached hydrogens (tertiary/aromatic N) is 1. The van der Waals surface area contributed by atoms with Crippen LogP contribution in [-0.4, -0.2) is 38.1 Å². The first-order chi connectivity index (χ1) is 17.2. The maximum Gasteiger partial charge on any atom is 0.300 e. The summed E-state index contributed by atoms with van der Waals surface area (Å²) in [6.07, 6.45) is 0. The number of carbonyl (C=O) groups excluding carboxylic acids is 2. The second-order valence-electron chi connectivity index (χ2n) is 8.07. The zero-order chi connectivity index (χ0) is 26.1. The van der Waals surface area contributed by atoms with Gasteiger partial charge in [-0.2, -0.15) is 0 Å². The number of aliphatic hydroxyl groups is 1. The second-order valence-corrected chi connectivity index (χ2v) is 8.88. The third kappa shape index (κ3) is 4.36. The van der Waals surface area contributed by atoms with Gasteiger partial charge in [-0.25, -0.2) is 0 Å². The first kappa shape index (κ1) is 25.4. The molecule has 1 N–H and O–H groups in total. The van der Waals surface area contributed by atoms with E-state index in [1.54, 1.807) is 42.5 Å². The quantitative estimate of drug-likeness (QED) is 0.242. The molecule has 36 heavy (non-hydrogen) atoms. The Morgan fingerprint density at radius 2 is 1.61 bits per heavy atom. The summed E-state index contributed by atoms with van der Waals surface area (Å²) in [4.78, 5) is 28.2. The van der Waals surface area contributed by atoms with E-state index < -0.39 is 23.5 Å². The number of rotatable bonds is 6. The van der Waals surface area contributed by atoms with E-state index in [0.29, 0.717) is 22.0 Å². The van der Waals surface area contributed by atoms with E-state index in [1.807, 2.05) is 6.92 Å². The lowest BCUT2D eigenvalue weighted by atomic mass is 9.94. The van der Waals surface area contributed by atoms with Crippen molar-refractivity contribution in [3.8, 4) is 17.2 Å². The Balaban J connectivity index is 2.02. The summed E-state index contributed by atoms with van der Waals surface area (Å²) in [6, 6.07) is 13.9. The highest BCUT2D eigenvalue weighted by Crippen LogP contribution is 2.45. The van der Waals surface area contributed by atoms with Crippen molar-refractivity contribution in [1.82, 2.24) is 0 Å². The van der Waals surface area contributed by atoms with Crippen molar-refractivity contribution in [1.29, 1.82) is 0 Å². The fraction of sp³-hybridized carbons (Fsp3) is 0.185. The molecule has 0 spiro atoms. The molecule has 0 aromatic heterocycles. The molecule has 7 nitrogen and oxygen atoms in total. The third-order valence-electron chi connectivity index (χ3n) is 6.02. The topological polar surface area (TPSA) is 85.3 Å². The van der Waals surface area contributed by atoms with E-state index >= 15 is 0 Å². The Bertz CT molecular complexity index is 1400. The highest BCUT2D eigenvalue weighted by Gasteiger charge is 2.47. The molecule has 0 aliphatic carbocycles. The average molecular weight is 528 g/mol. The number of halogens is 2. The van der Waals surface area contributed by atoms with Gasteiger partial charge < -0.3 is 19.3 Å². The van der Waals surface area contributed by atoms with Crippen LogP contribution in [-0.2, 0) is 9.59 Å². The minimum absolute atomic E-state index is 0.132. The summed E-state index contributed by atoms with van der Waals surface area (Å²) in [6.45, 7) is 1.83. The van der Waals surface area contributed by atoms with E-state index in [-0.39, 0.29) is 27.7 Å². The normalized spacial score (nSPS) is 16.8. The molecule has 9 heteroatoms. The van der Waals surface area contributed by atoms with Crippen LogP contribution in [0.1, 0.15) is 22.7 Å². The molecule has 3 aromatic carbocycles. The van der Waals surface area contributed by atoms with Crippen LogP contribution in [0.5, 0.6) is 17.2 Å². The monoisotopic (exact) mass is 527 g/mol. The maximum atomic E-state index is 13.4. The Hall–Kier alpha value is -3.68. The summed E-state index contributed by atoms with van der Waals surface area (Å²) in [7, 11) is 4.34. The summed E-state index contributed by atoms with van der Waals surface area (Å²) >= 11 is 12.6. The van der Waals surface area contributed by atoms with E-state index in [4.69, 9.17) is 37.4 Å². The lowest BCUT2D eigenvalue weighted by Crippen LogP contribution is -2.29. The molecule has 1 aliphatic rings. The summed E-state index contributed by atoms with van der Waals surface area (Å²) in [5.74, 6) is -1.14. The molecular weight excluding hydrogens is 505 g/mol. The average Bonchev–Trinajstić information content (AvgIpc) is 3.15. The predicted octanol–water partition coefficient (Wildman–Crippen LogP) is 5.95. The number of hydrogen-bond acceptors (Lipinski definition) is 6. The van der Waals surface area contributed by atoms with Gasteiger partial charge in [0.2, 0.25) is 0 Å². The number of methoxy groups -OCH3 is 3. The maximum absolute atomic E-state index is 13.4. The van der Waals surface area contributed by atoms with Gasteiger partial charge in [-0.05, 0) is 48.4 Å². The molecule has 1 heterocycles. The number of carbonyl (C=O) groups is 2. The molecular formula is C27H23Cl2NO6. The van der Waals surface area contributed by atoms with E-state index in [0.717, 1.165) is 5.56 Å². The second kappa shape index (κ2) is 10.1. The van der Waals surface area contributed by atoms with Gasteiger partial charge in [0, 0.05) is 16.8 Å². The van der Waals surface area contributed by atoms with E-state index in [2.05, 4.69) is 0 Å². The SMILES string of the molecule is COc1cccc(C2/C(=C(\O)c3cc(OC)c(Cl)cc3OC)C(=O)C(=O)N2c2ccc(C)c(Cl)c2)c1. The first-order valence-corrected chi connectivity index (χ1v) is 11.6. The standard InChI is InChI=1S/C27H23Cl2NO6/c1-14-8-9-16(11-19(14)28)30-24(15-6-5-7-17(10-15)34-2)23(26(32)27(30)33)25(31)18-12-22(36-4)20(29)13-21(18)35-3/h5-13,24,31H,1-4H3/b25-23+. The smallest absolute Gasteiger partial charge is 0.300 e. The van der Waals surface area contributed by atoms with E-state index in [1.165, 1.54) is 38.4 Å². The third-order valence-corrected chi connectivity index (χ3v) is 6.72. The van der Waals surface area contributed by atoms with Crippen LogP contribution in [0.2, 0.25) is 10.0 Å². The molecule has 1 unspecified atom stereocenters. The van der Waals surface area contributed by atoms with Gasteiger partial charge in [0.15, 0.2) is 0 Å². The Kier molecular flexibility index (Phi) is 7.15. The number of amides is 1. The number of aryl methyl sites for hydroxylation is 1. The molecule has 3 aromatic rings. The number of ketones is 1. The molecule has 1 amide bonds. The van der Waals surface area contributed by atoms with Gasteiger partial charge in [-0.15, -0.1) is 0 Å². The molecule has 0 bridgehead atoms. The van der Waals surface area contributed by atoms with Gasteiger partial charge >= 0.3 is 0 Å². The summed E-state index contributed by atoms with van der Waals surface area (Å²) in [5, 5.41) is 12.2. The Labute approximate surface area is 218 Å². The van der Waals surface area contributed by atoms with Gasteiger partial charge in [0.05, 0.1) is 43.5 Å². The number of benzene rings is 3. The van der Waals surface area contributed by atoms with Crippen molar-refractivity contribution in [2.24, 2.45) is 0 Å². The number of hydrogen-bond donors (Lipinski definition) is 1. The molecule has 1 fully saturated rings. The van der Waals surface area contributed by atoms with Gasteiger partial charge in [0.25, 0.3) is 11.7 Å². The van der Waals surface area contributed by atoms with Crippen LogP contribution < -0.4 is 19.1 Å². The van der Waals surface area contributed by atoms with Gasteiger partial charge in [-0.3, -0.25) is 14.5 Å². The van der Waals surface area contributed by atoms with Crippen LogP contribution in [0.4, 0.5) is 5.69 Å². The van der Waals surface area contributed by atoms with Gasteiger partial charge in [-0.1, -0.05) is 41.4 Å². The van der Waals surface area contributed by atoms with Crippen LogP contribution in [0.15, 0.2) is 60.2 Å². The Morgan fingerprint density at radius 1 is 0.889 bits per heavy atom. The molecule has 1 saturated heterocycles.